The predicted molar refractivity (Wildman–Crippen MR) is 97.9 cm³/mol. The molecule has 1 heterocycles. The average molecular weight is 383 g/mol. The molecule has 0 saturated heterocycles. The van der Waals surface area contributed by atoms with Crippen molar-refractivity contribution >= 4 is 32.4 Å². The van der Waals surface area contributed by atoms with Crippen LogP contribution in [0.1, 0.15) is 44.4 Å². The first-order chi connectivity index (χ1) is 11.7. The lowest BCUT2D eigenvalue weighted by Crippen LogP contribution is -2.28. The van der Waals surface area contributed by atoms with E-state index in [1.54, 1.807) is 13.8 Å². The summed E-state index contributed by atoms with van der Waals surface area (Å²) in [4.78, 5) is 11.7. The number of rotatable bonds is 7. The zero-order chi connectivity index (χ0) is 18.6. The van der Waals surface area contributed by atoms with E-state index in [1.807, 2.05) is 38.1 Å². The molecule has 9 heteroatoms. The van der Waals surface area contributed by atoms with E-state index in [1.165, 1.54) is 0 Å². The number of hydrogen-bond acceptors (Lipinski definition) is 6. The molecule has 0 aliphatic rings. The molecule has 1 aromatic carbocycles. The number of carbonyl (C=O) groups is 1. The monoisotopic (exact) mass is 382 g/mol. The van der Waals surface area contributed by atoms with E-state index in [0.717, 1.165) is 22.5 Å². The lowest BCUT2D eigenvalue weighted by Gasteiger charge is -2.16. The van der Waals surface area contributed by atoms with Crippen LogP contribution in [-0.4, -0.2) is 24.5 Å². The highest BCUT2D eigenvalue weighted by Crippen LogP contribution is 2.24. The minimum Gasteiger partial charge on any atom is -0.300 e. The molecule has 0 saturated carbocycles. The van der Waals surface area contributed by atoms with Gasteiger partial charge in [0, 0.05) is 12.0 Å². The third kappa shape index (κ3) is 5.07. The van der Waals surface area contributed by atoms with Crippen molar-refractivity contribution in [1.82, 2.24) is 14.9 Å². The number of amides is 1. The van der Waals surface area contributed by atoms with Crippen LogP contribution in [-0.2, 0) is 14.8 Å². The maximum atomic E-state index is 12.6. The average Bonchev–Trinajstić information content (AvgIpc) is 3.03. The van der Waals surface area contributed by atoms with E-state index < -0.39 is 10.0 Å². The van der Waals surface area contributed by atoms with Crippen LogP contribution in [0.5, 0.6) is 0 Å². The van der Waals surface area contributed by atoms with Crippen molar-refractivity contribution in [2.45, 2.75) is 44.5 Å². The zero-order valence-electron chi connectivity index (χ0n) is 14.6. The van der Waals surface area contributed by atoms with Crippen molar-refractivity contribution in [2.24, 2.45) is 5.92 Å². The number of anilines is 1. The third-order valence-electron chi connectivity index (χ3n) is 3.58. The SMILES string of the molecule is CC[C@@H](NS(=O)(=O)c1nnc(NC(=O)C(C)C)s1)c1ccc(C)cc1. The fraction of sp³-hybridized carbons (Fsp3) is 0.438. The van der Waals surface area contributed by atoms with Crippen molar-refractivity contribution < 1.29 is 13.2 Å². The first kappa shape index (κ1) is 19.5. The van der Waals surface area contributed by atoms with E-state index in [0.29, 0.717) is 6.42 Å². The van der Waals surface area contributed by atoms with Crippen LogP contribution >= 0.6 is 11.3 Å². The third-order valence-corrected chi connectivity index (χ3v) is 6.25. The summed E-state index contributed by atoms with van der Waals surface area (Å²) in [7, 11) is -3.82. The van der Waals surface area contributed by atoms with Crippen LogP contribution in [0.4, 0.5) is 5.13 Å². The van der Waals surface area contributed by atoms with E-state index in [-0.39, 0.29) is 27.3 Å². The molecule has 0 bridgehead atoms. The molecule has 2 N–H and O–H groups in total. The molecule has 0 unspecified atom stereocenters. The molecular weight excluding hydrogens is 360 g/mol. The van der Waals surface area contributed by atoms with E-state index >= 15 is 0 Å². The van der Waals surface area contributed by atoms with Crippen LogP contribution in [0.3, 0.4) is 0 Å². The molecule has 0 aliphatic carbocycles. The Hall–Kier alpha value is -1.84. The predicted octanol–water partition coefficient (Wildman–Crippen LogP) is 2.87. The van der Waals surface area contributed by atoms with Gasteiger partial charge in [0.1, 0.15) is 0 Å². The molecule has 0 radical (unpaired) electrons. The summed E-state index contributed by atoms with van der Waals surface area (Å²) in [6.07, 6.45) is 0.595. The smallest absolute Gasteiger partial charge is 0.270 e. The Morgan fingerprint density at radius 2 is 1.84 bits per heavy atom. The van der Waals surface area contributed by atoms with Gasteiger partial charge in [0.2, 0.25) is 15.4 Å². The number of aryl methyl sites for hydroxylation is 1. The summed E-state index contributed by atoms with van der Waals surface area (Å²) in [5, 5.41) is 10.2. The van der Waals surface area contributed by atoms with Gasteiger partial charge in [-0.3, -0.25) is 4.79 Å². The Labute approximate surface area is 151 Å². The second kappa shape index (κ2) is 8.03. The number of aromatic nitrogens is 2. The summed E-state index contributed by atoms with van der Waals surface area (Å²) in [5.41, 5.74) is 1.99. The van der Waals surface area contributed by atoms with Crippen LogP contribution in [0.15, 0.2) is 28.6 Å². The molecular formula is C16H22N4O3S2. The van der Waals surface area contributed by atoms with Crippen LogP contribution in [0.25, 0.3) is 0 Å². The van der Waals surface area contributed by atoms with E-state index in [4.69, 9.17) is 0 Å². The Morgan fingerprint density at radius 1 is 1.20 bits per heavy atom. The number of hydrogen-bond donors (Lipinski definition) is 2. The van der Waals surface area contributed by atoms with Crippen molar-refractivity contribution in [2.75, 3.05) is 5.32 Å². The number of nitrogens with zero attached hydrogens (tertiary/aromatic N) is 2. The Balaban J connectivity index is 2.16. The van der Waals surface area contributed by atoms with Crippen molar-refractivity contribution in [3.05, 3.63) is 35.4 Å². The molecule has 136 valence electrons. The summed E-state index contributed by atoms with van der Waals surface area (Å²) in [6, 6.07) is 7.33. The molecule has 1 atom stereocenters. The zero-order valence-corrected chi connectivity index (χ0v) is 16.2. The van der Waals surface area contributed by atoms with Gasteiger partial charge in [-0.05, 0) is 18.9 Å². The minimum absolute atomic E-state index is 0.169. The molecule has 2 aromatic rings. The molecule has 1 amide bonds. The van der Waals surface area contributed by atoms with Crippen molar-refractivity contribution in [3.63, 3.8) is 0 Å². The van der Waals surface area contributed by atoms with Gasteiger partial charge in [0.15, 0.2) is 0 Å². The highest BCUT2D eigenvalue weighted by Gasteiger charge is 2.25. The first-order valence-electron chi connectivity index (χ1n) is 7.96. The first-order valence-corrected chi connectivity index (χ1v) is 10.3. The van der Waals surface area contributed by atoms with Gasteiger partial charge in [0.05, 0.1) is 0 Å². The van der Waals surface area contributed by atoms with Gasteiger partial charge in [-0.2, -0.15) is 0 Å². The number of carbonyl (C=O) groups excluding carboxylic acids is 1. The maximum absolute atomic E-state index is 12.6. The number of benzene rings is 1. The molecule has 0 spiro atoms. The van der Waals surface area contributed by atoms with Gasteiger partial charge in [-0.25, -0.2) is 13.1 Å². The lowest BCUT2D eigenvalue weighted by molar-refractivity contribution is -0.118. The van der Waals surface area contributed by atoms with Crippen LogP contribution in [0, 0.1) is 12.8 Å². The van der Waals surface area contributed by atoms with Crippen molar-refractivity contribution in [3.8, 4) is 0 Å². The second-order valence-corrected chi connectivity index (χ2v) is 8.88. The maximum Gasteiger partial charge on any atom is 0.270 e. The molecule has 0 fully saturated rings. The minimum atomic E-state index is -3.82. The summed E-state index contributed by atoms with van der Waals surface area (Å²) in [5.74, 6) is -0.466. The molecule has 0 aliphatic heterocycles. The van der Waals surface area contributed by atoms with Crippen LogP contribution in [0.2, 0.25) is 0 Å². The highest BCUT2D eigenvalue weighted by molar-refractivity contribution is 7.91. The molecule has 1 aromatic heterocycles. The largest absolute Gasteiger partial charge is 0.300 e. The van der Waals surface area contributed by atoms with Gasteiger partial charge in [-0.15, -0.1) is 10.2 Å². The quantitative estimate of drug-likeness (QED) is 0.717. The normalized spacial score (nSPS) is 13.0. The van der Waals surface area contributed by atoms with Gasteiger partial charge in [-0.1, -0.05) is 61.9 Å². The summed E-state index contributed by atoms with van der Waals surface area (Å²) < 4.78 is 27.6. The summed E-state index contributed by atoms with van der Waals surface area (Å²) >= 11 is 0.831. The second-order valence-electron chi connectivity index (χ2n) is 6.01. The Kier molecular flexibility index (Phi) is 6.26. The molecule has 25 heavy (non-hydrogen) atoms. The Morgan fingerprint density at radius 3 is 2.40 bits per heavy atom. The van der Waals surface area contributed by atoms with Gasteiger partial charge < -0.3 is 5.32 Å². The lowest BCUT2D eigenvalue weighted by atomic mass is 10.0. The highest BCUT2D eigenvalue weighted by atomic mass is 32.2. The van der Waals surface area contributed by atoms with Crippen molar-refractivity contribution in [1.29, 1.82) is 0 Å². The van der Waals surface area contributed by atoms with E-state index in [9.17, 15) is 13.2 Å². The van der Waals surface area contributed by atoms with Gasteiger partial charge >= 0.3 is 0 Å². The topological polar surface area (TPSA) is 101 Å². The molecule has 7 nitrogen and oxygen atoms in total. The fourth-order valence-electron chi connectivity index (χ4n) is 2.04. The summed E-state index contributed by atoms with van der Waals surface area (Å²) in [6.45, 7) is 7.36. The number of sulfonamides is 1. The van der Waals surface area contributed by atoms with Crippen LogP contribution < -0.4 is 10.0 Å². The van der Waals surface area contributed by atoms with E-state index in [2.05, 4.69) is 20.2 Å². The fourth-order valence-corrected chi connectivity index (χ4v) is 4.27. The standard InChI is InChI=1S/C16H22N4O3S2/c1-5-13(12-8-6-11(4)7-9-12)20-25(22,23)16-19-18-15(24-16)17-14(21)10(2)3/h6-10,13,20H,5H2,1-4H3,(H,17,18,21)/t13-/m1/s1. The number of nitrogens with one attached hydrogen (secondary N) is 2. The Bertz CT molecular complexity index is 829. The molecule has 2 rings (SSSR count). The van der Waals surface area contributed by atoms with Gasteiger partial charge in [0.25, 0.3) is 10.0 Å².